The van der Waals surface area contributed by atoms with Crippen LogP contribution in [-0.2, 0) is 0 Å². The van der Waals surface area contributed by atoms with E-state index in [-0.39, 0.29) is 5.54 Å². The molecular formula is C14H20BrN. The summed E-state index contributed by atoms with van der Waals surface area (Å²) in [6, 6.07) is 9.20. The number of rotatable bonds is 1. The summed E-state index contributed by atoms with van der Waals surface area (Å²) in [4.78, 5) is 2.62. The van der Waals surface area contributed by atoms with E-state index in [1.807, 2.05) is 0 Å². The minimum atomic E-state index is 0.260. The van der Waals surface area contributed by atoms with Gasteiger partial charge in [-0.15, -0.1) is 0 Å². The van der Waals surface area contributed by atoms with E-state index in [0.29, 0.717) is 6.04 Å². The smallest absolute Gasteiger partial charge is 0.0364 e. The molecule has 2 heteroatoms. The van der Waals surface area contributed by atoms with Crippen molar-refractivity contribution in [1.82, 2.24) is 4.90 Å². The Bertz CT molecular complexity index is 367. The van der Waals surface area contributed by atoms with Crippen molar-refractivity contribution in [3.63, 3.8) is 0 Å². The average Bonchev–Trinajstić information content (AvgIpc) is 2.66. The van der Waals surface area contributed by atoms with Crippen LogP contribution in [-0.4, -0.2) is 17.0 Å². The van der Waals surface area contributed by atoms with Crippen LogP contribution in [0.25, 0.3) is 0 Å². The SMILES string of the molecule is CC(C)(C)N1CCC[C@H]1c1ccccc1Br. The maximum atomic E-state index is 3.67. The Morgan fingerprint density at radius 2 is 1.94 bits per heavy atom. The van der Waals surface area contributed by atoms with Gasteiger partial charge in [0.05, 0.1) is 0 Å². The molecule has 2 rings (SSSR count). The van der Waals surface area contributed by atoms with Crippen molar-refractivity contribution in [2.75, 3.05) is 6.54 Å². The molecule has 0 amide bonds. The van der Waals surface area contributed by atoms with E-state index in [2.05, 4.69) is 65.9 Å². The largest absolute Gasteiger partial charge is 0.291 e. The Kier molecular flexibility index (Phi) is 3.41. The first kappa shape index (κ1) is 12.1. The van der Waals surface area contributed by atoms with Gasteiger partial charge < -0.3 is 0 Å². The highest BCUT2D eigenvalue weighted by Gasteiger charge is 2.34. The fourth-order valence-electron chi connectivity index (χ4n) is 2.64. The van der Waals surface area contributed by atoms with Gasteiger partial charge in [-0.25, -0.2) is 0 Å². The summed E-state index contributed by atoms with van der Waals surface area (Å²) in [7, 11) is 0. The van der Waals surface area contributed by atoms with Gasteiger partial charge in [-0.3, -0.25) is 4.90 Å². The van der Waals surface area contributed by atoms with Crippen molar-refractivity contribution in [3.8, 4) is 0 Å². The minimum Gasteiger partial charge on any atom is -0.291 e. The maximum Gasteiger partial charge on any atom is 0.0364 e. The van der Waals surface area contributed by atoms with Gasteiger partial charge >= 0.3 is 0 Å². The second kappa shape index (κ2) is 4.50. The topological polar surface area (TPSA) is 3.24 Å². The lowest BCUT2D eigenvalue weighted by Gasteiger charge is -2.37. The number of hydrogen-bond donors (Lipinski definition) is 0. The number of hydrogen-bond acceptors (Lipinski definition) is 1. The molecule has 0 radical (unpaired) electrons. The molecule has 1 aliphatic rings. The zero-order chi connectivity index (χ0) is 11.8. The third kappa shape index (κ3) is 2.33. The first-order valence-corrected chi connectivity index (χ1v) is 6.80. The molecule has 0 bridgehead atoms. The standard InChI is InChI=1S/C14H20BrN/c1-14(2,3)16-10-6-9-13(16)11-7-4-5-8-12(11)15/h4-5,7-8,13H,6,9-10H2,1-3H3/t13-/m0/s1. The van der Waals surface area contributed by atoms with Crippen LogP contribution in [0.15, 0.2) is 28.7 Å². The Hall–Kier alpha value is -0.340. The summed E-state index contributed by atoms with van der Waals surface area (Å²) in [5.41, 5.74) is 1.70. The van der Waals surface area contributed by atoms with Crippen LogP contribution in [0.5, 0.6) is 0 Å². The van der Waals surface area contributed by atoms with E-state index >= 15 is 0 Å². The molecule has 0 N–H and O–H groups in total. The van der Waals surface area contributed by atoms with Gasteiger partial charge in [0.15, 0.2) is 0 Å². The molecule has 1 heterocycles. The van der Waals surface area contributed by atoms with Crippen LogP contribution < -0.4 is 0 Å². The highest BCUT2D eigenvalue weighted by Crippen LogP contribution is 2.39. The van der Waals surface area contributed by atoms with Gasteiger partial charge in [-0.1, -0.05) is 34.1 Å². The third-order valence-corrected chi connectivity index (χ3v) is 4.10. The first-order valence-electron chi connectivity index (χ1n) is 6.01. The van der Waals surface area contributed by atoms with Crippen LogP contribution in [0, 0.1) is 0 Å². The molecule has 1 aromatic rings. The number of likely N-dealkylation sites (tertiary alicyclic amines) is 1. The van der Waals surface area contributed by atoms with Crippen molar-refractivity contribution in [3.05, 3.63) is 34.3 Å². The van der Waals surface area contributed by atoms with Gasteiger partial charge in [0.2, 0.25) is 0 Å². The molecule has 0 spiro atoms. The average molecular weight is 282 g/mol. The van der Waals surface area contributed by atoms with Crippen molar-refractivity contribution in [2.45, 2.75) is 45.2 Å². The predicted molar refractivity (Wildman–Crippen MR) is 72.6 cm³/mol. The molecular weight excluding hydrogens is 262 g/mol. The van der Waals surface area contributed by atoms with Gasteiger partial charge in [-0.05, 0) is 51.8 Å². The second-order valence-electron chi connectivity index (χ2n) is 5.54. The van der Waals surface area contributed by atoms with E-state index in [1.54, 1.807) is 0 Å². The van der Waals surface area contributed by atoms with E-state index in [4.69, 9.17) is 0 Å². The number of benzene rings is 1. The fourth-order valence-corrected chi connectivity index (χ4v) is 3.19. The monoisotopic (exact) mass is 281 g/mol. The molecule has 0 unspecified atom stereocenters. The van der Waals surface area contributed by atoms with Crippen LogP contribution in [0.4, 0.5) is 0 Å². The van der Waals surface area contributed by atoms with Gasteiger partial charge in [0.1, 0.15) is 0 Å². The fraction of sp³-hybridized carbons (Fsp3) is 0.571. The molecule has 16 heavy (non-hydrogen) atoms. The summed E-state index contributed by atoms with van der Waals surface area (Å²) >= 11 is 3.67. The van der Waals surface area contributed by atoms with E-state index in [1.165, 1.54) is 29.4 Å². The van der Waals surface area contributed by atoms with E-state index < -0.39 is 0 Å². The molecule has 0 saturated carbocycles. The van der Waals surface area contributed by atoms with Gasteiger partial charge in [-0.2, -0.15) is 0 Å². The molecule has 0 aliphatic carbocycles. The zero-order valence-corrected chi connectivity index (χ0v) is 11.9. The maximum absolute atomic E-state index is 3.67. The van der Waals surface area contributed by atoms with Crippen molar-refractivity contribution < 1.29 is 0 Å². The lowest BCUT2D eigenvalue weighted by atomic mass is 9.99. The summed E-state index contributed by atoms with van der Waals surface area (Å²) < 4.78 is 1.25. The predicted octanol–water partition coefficient (Wildman–Crippen LogP) is 4.38. The van der Waals surface area contributed by atoms with Gasteiger partial charge in [0, 0.05) is 16.1 Å². The summed E-state index contributed by atoms with van der Waals surface area (Å²) in [6.45, 7) is 8.14. The van der Waals surface area contributed by atoms with E-state index in [0.717, 1.165) is 0 Å². The third-order valence-electron chi connectivity index (χ3n) is 3.38. The lowest BCUT2D eigenvalue weighted by Crippen LogP contribution is -2.40. The molecule has 1 atom stereocenters. The molecule has 0 aromatic heterocycles. The van der Waals surface area contributed by atoms with E-state index in [9.17, 15) is 0 Å². The zero-order valence-electron chi connectivity index (χ0n) is 10.3. The first-order chi connectivity index (χ1) is 7.50. The molecule has 1 fully saturated rings. The molecule has 88 valence electrons. The Labute approximate surface area is 107 Å². The number of halogens is 1. The molecule has 1 saturated heterocycles. The highest BCUT2D eigenvalue weighted by atomic mass is 79.9. The molecule has 1 nitrogen and oxygen atoms in total. The summed E-state index contributed by atoms with van der Waals surface area (Å²) in [5, 5.41) is 0. The Morgan fingerprint density at radius 1 is 1.25 bits per heavy atom. The highest BCUT2D eigenvalue weighted by molar-refractivity contribution is 9.10. The van der Waals surface area contributed by atoms with Crippen molar-refractivity contribution >= 4 is 15.9 Å². The van der Waals surface area contributed by atoms with Gasteiger partial charge in [0.25, 0.3) is 0 Å². The van der Waals surface area contributed by atoms with Crippen molar-refractivity contribution in [2.24, 2.45) is 0 Å². The second-order valence-corrected chi connectivity index (χ2v) is 6.40. The minimum absolute atomic E-state index is 0.260. The number of nitrogens with zero attached hydrogens (tertiary/aromatic N) is 1. The normalized spacial score (nSPS) is 22.6. The van der Waals surface area contributed by atoms with Crippen LogP contribution in [0.2, 0.25) is 0 Å². The van der Waals surface area contributed by atoms with Crippen molar-refractivity contribution in [1.29, 1.82) is 0 Å². The van der Waals surface area contributed by atoms with Crippen LogP contribution >= 0.6 is 15.9 Å². The summed E-state index contributed by atoms with van der Waals surface area (Å²) in [5.74, 6) is 0. The summed E-state index contributed by atoms with van der Waals surface area (Å²) in [6.07, 6.45) is 2.59. The van der Waals surface area contributed by atoms with Crippen LogP contribution in [0.1, 0.15) is 45.2 Å². The lowest BCUT2D eigenvalue weighted by molar-refractivity contribution is 0.121. The van der Waals surface area contributed by atoms with Crippen LogP contribution in [0.3, 0.4) is 0 Å². The Balaban J connectivity index is 2.31. The Morgan fingerprint density at radius 3 is 2.56 bits per heavy atom. The quantitative estimate of drug-likeness (QED) is 0.738. The molecule has 1 aromatic carbocycles. The molecule has 1 aliphatic heterocycles.